The molecule has 2 unspecified atom stereocenters. The van der Waals surface area contributed by atoms with Crippen molar-refractivity contribution in [1.82, 2.24) is 4.90 Å². The molecule has 2 aromatic rings. The van der Waals surface area contributed by atoms with Gasteiger partial charge in [0.15, 0.2) is 0 Å². The zero-order chi connectivity index (χ0) is 21.9. The van der Waals surface area contributed by atoms with Gasteiger partial charge >= 0.3 is 5.97 Å². The summed E-state index contributed by atoms with van der Waals surface area (Å²) in [5.41, 5.74) is 1.71. The van der Waals surface area contributed by atoms with Gasteiger partial charge in [0.2, 0.25) is 0 Å². The Labute approximate surface area is 184 Å². The second kappa shape index (κ2) is 12.4. The summed E-state index contributed by atoms with van der Waals surface area (Å²) in [6.07, 6.45) is 5.35. The van der Waals surface area contributed by atoms with Gasteiger partial charge in [-0.2, -0.15) is 0 Å². The van der Waals surface area contributed by atoms with Gasteiger partial charge in [0.25, 0.3) is 5.91 Å². The van der Waals surface area contributed by atoms with Crippen molar-refractivity contribution < 1.29 is 14.7 Å². The first-order valence-corrected chi connectivity index (χ1v) is 11.2. The Morgan fingerprint density at radius 1 is 0.967 bits per heavy atom. The number of hydrogen-bond acceptors (Lipinski definition) is 2. The molecule has 30 heavy (non-hydrogen) atoms. The number of rotatable bonds is 12. The van der Waals surface area contributed by atoms with E-state index in [2.05, 4.69) is 13.8 Å². The van der Waals surface area contributed by atoms with Crippen molar-refractivity contribution in [3.63, 3.8) is 0 Å². The van der Waals surface area contributed by atoms with Crippen molar-refractivity contribution in [1.29, 1.82) is 0 Å². The predicted molar refractivity (Wildman–Crippen MR) is 122 cm³/mol. The quantitative estimate of drug-likeness (QED) is 0.379. The number of nitrogens with zero attached hydrogens (tertiary/aromatic N) is 1. The number of benzene rings is 2. The van der Waals surface area contributed by atoms with Gasteiger partial charge < -0.3 is 10.0 Å². The van der Waals surface area contributed by atoms with Crippen LogP contribution in [-0.4, -0.2) is 27.9 Å². The third-order valence-electron chi connectivity index (χ3n) is 5.49. The minimum Gasteiger partial charge on any atom is -0.481 e. The van der Waals surface area contributed by atoms with E-state index in [0.717, 1.165) is 37.7 Å². The van der Waals surface area contributed by atoms with E-state index in [1.165, 1.54) is 0 Å². The number of carboxylic acids is 1. The molecule has 1 N–H and O–H groups in total. The summed E-state index contributed by atoms with van der Waals surface area (Å²) in [7, 11) is 0. The smallest absolute Gasteiger partial charge is 0.303 e. The van der Waals surface area contributed by atoms with E-state index >= 15 is 0 Å². The topological polar surface area (TPSA) is 57.6 Å². The maximum Gasteiger partial charge on any atom is 0.303 e. The lowest BCUT2D eigenvalue weighted by Crippen LogP contribution is -2.42. The van der Waals surface area contributed by atoms with Crippen LogP contribution >= 0.6 is 11.6 Å². The number of unbranched alkanes of at least 4 members (excludes halogenated alkanes) is 2. The van der Waals surface area contributed by atoms with Crippen LogP contribution < -0.4 is 0 Å². The van der Waals surface area contributed by atoms with E-state index < -0.39 is 5.97 Å². The Balaban J connectivity index is 2.32. The molecule has 0 radical (unpaired) electrons. The van der Waals surface area contributed by atoms with Crippen LogP contribution in [0.4, 0.5) is 0 Å². The maximum absolute atomic E-state index is 13.6. The van der Waals surface area contributed by atoms with Crippen molar-refractivity contribution >= 4 is 23.5 Å². The van der Waals surface area contributed by atoms with Gasteiger partial charge in [-0.05, 0) is 56.0 Å². The zero-order valence-corrected chi connectivity index (χ0v) is 18.6. The maximum atomic E-state index is 13.6. The van der Waals surface area contributed by atoms with E-state index in [4.69, 9.17) is 16.7 Å². The lowest BCUT2D eigenvalue weighted by atomic mass is 9.96. The first-order chi connectivity index (χ1) is 14.4. The molecule has 2 aromatic carbocycles. The third-order valence-corrected chi connectivity index (χ3v) is 5.74. The van der Waals surface area contributed by atoms with Crippen LogP contribution in [0.1, 0.15) is 80.8 Å². The summed E-state index contributed by atoms with van der Waals surface area (Å²) < 4.78 is 0. The lowest BCUT2D eigenvalue weighted by Gasteiger charge is -2.37. The number of carbonyl (C=O) groups is 2. The van der Waals surface area contributed by atoms with Crippen LogP contribution in [0.2, 0.25) is 5.02 Å². The number of amides is 1. The first-order valence-electron chi connectivity index (χ1n) is 10.8. The fourth-order valence-corrected chi connectivity index (χ4v) is 3.94. The average molecular weight is 430 g/mol. The van der Waals surface area contributed by atoms with E-state index in [9.17, 15) is 9.59 Å². The van der Waals surface area contributed by atoms with Gasteiger partial charge in [0.05, 0.1) is 6.04 Å². The highest BCUT2D eigenvalue weighted by atomic mass is 35.5. The molecule has 2 rings (SSSR count). The molecule has 4 nitrogen and oxygen atoms in total. The van der Waals surface area contributed by atoms with Gasteiger partial charge in [0.1, 0.15) is 0 Å². The summed E-state index contributed by atoms with van der Waals surface area (Å²) in [5, 5.41) is 9.55. The molecule has 0 spiro atoms. The Bertz CT molecular complexity index is 792. The molecule has 5 heteroatoms. The molecule has 0 saturated carbocycles. The van der Waals surface area contributed by atoms with Crippen molar-refractivity contribution in [3.8, 4) is 0 Å². The Morgan fingerprint density at radius 2 is 1.60 bits per heavy atom. The van der Waals surface area contributed by atoms with Crippen molar-refractivity contribution in [3.05, 3.63) is 70.7 Å². The van der Waals surface area contributed by atoms with Gasteiger partial charge in [0, 0.05) is 23.0 Å². The number of hydrogen-bond donors (Lipinski definition) is 1. The Hall–Kier alpha value is -2.33. The van der Waals surface area contributed by atoms with Crippen molar-refractivity contribution in [2.45, 2.75) is 70.9 Å². The molecule has 0 aromatic heterocycles. The number of carboxylic acid groups (broad SMARTS) is 1. The molecular weight excluding hydrogens is 398 g/mol. The van der Waals surface area contributed by atoms with Gasteiger partial charge in [-0.15, -0.1) is 0 Å². The van der Waals surface area contributed by atoms with Gasteiger partial charge in [-0.3, -0.25) is 9.59 Å². The van der Waals surface area contributed by atoms with Crippen molar-refractivity contribution in [2.75, 3.05) is 0 Å². The van der Waals surface area contributed by atoms with Crippen molar-refractivity contribution in [2.24, 2.45) is 0 Å². The minimum atomic E-state index is -0.771. The summed E-state index contributed by atoms with van der Waals surface area (Å²) >= 11 is 6.02. The fraction of sp³-hybridized carbons (Fsp3) is 0.440. The highest BCUT2D eigenvalue weighted by Crippen LogP contribution is 2.29. The molecule has 0 fully saturated rings. The average Bonchev–Trinajstić information content (AvgIpc) is 2.75. The zero-order valence-electron chi connectivity index (χ0n) is 17.9. The molecule has 0 bridgehead atoms. The van der Waals surface area contributed by atoms with Crippen LogP contribution in [0.15, 0.2) is 54.6 Å². The molecular formula is C25H32ClNO3. The van der Waals surface area contributed by atoms with E-state index in [-0.39, 0.29) is 24.4 Å². The highest BCUT2D eigenvalue weighted by Gasteiger charge is 2.29. The van der Waals surface area contributed by atoms with Gasteiger partial charge in [-0.1, -0.05) is 68.1 Å². The monoisotopic (exact) mass is 429 g/mol. The third kappa shape index (κ3) is 7.17. The van der Waals surface area contributed by atoms with Gasteiger partial charge in [-0.25, -0.2) is 0 Å². The number of aliphatic carboxylic acids is 1. The summed E-state index contributed by atoms with van der Waals surface area (Å²) in [6, 6.07) is 17.1. The van der Waals surface area contributed by atoms with Crippen LogP contribution in [-0.2, 0) is 4.79 Å². The molecule has 2 atom stereocenters. The van der Waals surface area contributed by atoms with Crippen LogP contribution in [0.25, 0.3) is 0 Å². The largest absolute Gasteiger partial charge is 0.481 e. The molecule has 1 amide bonds. The second-order valence-electron chi connectivity index (χ2n) is 7.74. The Kier molecular flexibility index (Phi) is 9.88. The summed E-state index contributed by atoms with van der Waals surface area (Å²) in [5.74, 6) is -0.783. The number of halogens is 1. The SMILES string of the molecule is CCCCC(CCCCC(=O)O)N(C(=O)c1ccc(Cl)cc1)C(C)c1ccccc1. The molecule has 0 aliphatic heterocycles. The van der Waals surface area contributed by atoms with E-state index in [1.807, 2.05) is 35.2 Å². The van der Waals surface area contributed by atoms with E-state index in [1.54, 1.807) is 24.3 Å². The molecule has 0 aliphatic carbocycles. The molecule has 0 saturated heterocycles. The fourth-order valence-electron chi connectivity index (χ4n) is 3.81. The predicted octanol–water partition coefficient (Wildman–Crippen LogP) is 6.75. The summed E-state index contributed by atoms with van der Waals surface area (Å²) in [6.45, 7) is 4.22. The highest BCUT2D eigenvalue weighted by molar-refractivity contribution is 6.30. The standard InChI is InChI=1S/C25H32ClNO3/c1-3-4-12-23(13-8-9-14-24(28)29)27(19(2)20-10-6-5-7-11-20)25(30)21-15-17-22(26)18-16-21/h5-7,10-11,15-19,23H,3-4,8-9,12-14H2,1-2H3,(H,28,29). The van der Waals surface area contributed by atoms with Crippen LogP contribution in [0.5, 0.6) is 0 Å². The second-order valence-corrected chi connectivity index (χ2v) is 8.18. The first kappa shape index (κ1) is 23.9. The minimum absolute atomic E-state index is 0.0117. The molecule has 0 aliphatic rings. The van der Waals surface area contributed by atoms with E-state index in [0.29, 0.717) is 17.0 Å². The lowest BCUT2D eigenvalue weighted by molar-refractivity contribution is -0.137. The van der Waals surface area contributed by atoms with Crippen LogP contribution in [0.3, 0.4) is 0 Å². The molecule has 0 heterocycles. The summed E-state index contributed by atoms with van der Waals surface area (Å²) in [4.78, 5) is 26.5. The molecule has 162 valence electrons. The Morgan fingerprint density at radius 3 is 2.20 bits per heavy atom. The number of carbonyl (C=O) groups excluding carboxylic acids is 1. The van der Waals surface area contributed by atoms with Crippen LogP contribution in [0, 0.1) is 0 Å². The normalized spacial score (nSPS) is 12.9.